The number of H-pyrrole nitrogens is 1. The van der Waals surface area contributed by atoms with Gasteiger partial charge >= 0.3 is 0 Å². The molecule has 3 heterocycles. The van der Waals surface area contributed by atoms with Crippen molar-refractivity contribution in [3.05, 3.63) is 40.3 Å². The van der Waals surface area contributed by atoms with E-state index in [4.69, 9.17) is 0 Å². The molecule has 1 aliphatic carbocycles. The van der Waals surface area contributed by atoms with Gasteiger partial charge in [-0.1, -0.05) is 6.42 Å². The first-order valence-corrected chi connectivity index (χ1v) is 9.19. The number of aryl methyl sites for hydroxylation is 1. The van der Waals surface area contributed by atoms with E-state index in [1.807, 2.05) is 0 Å². The fourth-order valence-corrected chi connectivity index (χ4v) is 3.87. The van der Waals surface area contributed by atoms with Crippen molar-refractivity contribution in [2.45, 2.75) is 51.0 Å². The lowest BCUT2D eigenvalue weighted by Crippen LogP contribution is -2.44. The van der Waals surface area contributed by atoms with Crippen LogP contribution in [0.4, 0.5) is 11.6 Å². The fourth-order valence-electron chi connectivity index (χ4n) is 3.87. The minimum Gasteiger partial charge on any atom is -0.365 e. The van der Waals surface area contributed by atoms with Gasteiger partial charge in [-0.05, 0) is 38.5 Å². The molecule has 0 saturated carbocycles. The van der Waals surface area contributed by atoms with Crippen LogP contribution in [0.1, 0.15) is 43.4 Å². The molecule has 1 saturated heterocycles. The lowest BCUT2D eigenvalue weighted by atomic mass is 10.0. The molecule has 0 aromatic carbocycles. The summed E-state index contributed by atoms with van der Waals surface area (Å²) in [7, 11) is 0. The molecule has 7 nitrogen and oxygen atoms in total. The summed E-state index contributed by atoms with van der Waals surface area (Å²) in [4.78, 5) is 30.1. The second kappa shape index (κ2) is 7.21. The van der Waals surface area contributed by atoms with Crippen LogP contribution in [-0.4, -0.2) is 39.1 Å². The minimum atomic E-state index is -0.126. The van der Waals surface area contributed by atoms with Crippen molar-refractivity contribution < 1.29 is 0 Å². The molecule has 2 aliphatic rings. The van der Waals surface area contributed by atoms with Crippen LogP contribution in [0.15, 0.2) is 23.5 Å². The maximum Gasteiger partial charge on any atom is 0.290 e. The second-order valence-corrected chi connectivity index (χ2v) is 6.88. The summed E-state index contributed by atoms with van der Waals surface area (Å²) in [5.41, 5.74) is 2.36. The molecule has 0 radical (unpaired) electrons. The van der Waals surface area contributed by atoms with Crippen LogP contribution in [0.5, 0.6) is 0 Å². The second-order valence-electron chi connectivity index (χ2n) is 6.88. The monoisotopic (exact) mass is 340 g/mol. The number of anilines is 2. The third-order valence-electron chi connectivity index (χ3n) is 5.13. The third-order valence-corrected chi connectivity index (χ3v) is 5.13. The summed E-state index contributed by atoms with van der Waals surface area (Å²) in [5, 5.41) is 3.62. The molecule has 1 fully saturated rings. The Morgan fingerprint density at radius 1 is 1.12 bits per heavy atom. The number of fused-ring (bicyclic) bond motifs is 1. The Labute approximate surface area is 146 Å². The molecule has 25 heavy (non-hydrogen) atoms. The minimum absolute atomic E-state index is 0.126. The molecule has 0 amide bonds. The quantitative estimate of drug-likeness (QED) is 0.830. The molecule has 7 heteroatoms. The molecule has 2 aromatic heterocycles. The highest BCUT2D eigenvalue weighted by atomic mass is 16.1. The number of hydrogen-bond donors (Lipinski definition) is 2. The van der Waals surface area contributed by atoms with Crippen LogP contribution in [0.3, 0.4) is 0 Å². The van der Waals surface area contributed by atoms with Crippen LogP contribution < -0.4 is 15.8 Å². The highest BCUT2D eigenvalue weighted by Gasteiger charge is 2.24. The summed E-state index contributed by atoms with van der Waals surface area (Å²) in [5.74, 6) is 1.49. The number of rotatable bonds is 3. The van der Waals surface area contributed by atoms with Gasteiger partial charge in [0.1, 0.15) is 12.1 Å². The van der Waals surface area contributed by atoms with Gasteiger partial charge in [0, 0.05) is 42.8 Å². The highest BCUT2D eigenvalue weighted by Crippen LogP contribution is 2.26. The Bertz CT molecular complexity index is 789. The lowest BCUT2D eigenvalue weighted by molar-refractivity contribution is 0.523. The molecular weight excluding hydrogens is 316 g/mol. The van der Waals surface area contributed by atoms with E-state index < -0.39 is 0 Å². The van der Waals surface area contributed by atoms with Crippen molar-refractivity contribution in [2.24, 2.45) is 0 Å². The topological polar surface area (TPSA) is 86.8 Å². The zero-order valence-corrected chi connectivity index (χ0v) is 14.4. The van der Waals surface area contributed by atoms with E-state index in [9.17, 15) is 4.79 Å². The van der Waals surface area contributed by atoms with Crippen LogP contribution in [0, 0.1) is 0 Å². The van der Waals surface area contributed by atoms with Gasteiger partial charge in [-0.2, -0.15) is 0 Å². The number of hydrogen-bond acceptors (Lipinski definition) is 6. The van der Waals surface area contributed by atoms with Gasteiger partial charge in [0.05, 0.1) is 0 Å². The maximum absolute atomic E-state index is 12.0. The highest BCUT2D eigenvalue weighted by molar-refractivity contribution is 5.48. The first-order chi connectivity index (χ1) is 12.3. The summed E-state index contributed by atoms with van der Waals surface area (Å²) in [6.07, 6.45) is 12.8. The van der Waals surface area contributed by atoms with Crippen LogP contribution in [-0.2, 0) is 12.8 Å². The Balaban J connectivity index is 1.52. The van der Waals surface area contributed by atoms with Gasteiger partial charge in [0.15, 0.2) is 5.82 Å². The van der Waals surface area contributed by atoms with Crippen molar-refractivity contribution in [2.75, 3.05) is 23.3 Å². The van der Waals surface area contributed by atoms with Crippen molar-refractivity contribution in [1.82, 2.24) is 19.9 Å². The van der Waals surface area contributed by atoms with Gasteiger partial charge in [-0.25, -0.2) is 15.0 Å². The van der Waals surface area contributed by atoms with Crippen molar-refractivity contribution in [1.29, 1.82) is 0 Å². The van der Waals surface area contributed by atoms with Crippen molar-refractivity contribution in [3.8, 4) is 0 Å². The number of aromatic amines is 1. The van der Waals surface area contributed by atoms with Crippen LogP contribution >= 0.6 is 0 Å². The predicted molar refractivity (Wildman–Crippen MR) is 97.0 cm³/mol. The van der Waals surface area contributed by atoms with Crippen molar-refractivity contribution >= 4 is 11.6 Å². The third kappa shape index (κ3) is 3.50. The Kier molecular flexibility index (Phi) is 4.63. The van der Waals surface area contributed by atoms with E-state index in [0.717, 1.165) is 44.6 Å². The normalized spacial score (nSPS) is 20.6. The Hall–Kier alpha value is -2.44. The zero-order valence-electron chi connectivity index (χ0n) is 14.4. The SMILES string of the molecule is O=c1[nH]ccnc1N1CCC[C@H](Nc2ncnc3c2CCCCC3)C1. The number of piperidine rings is 1. The molecule has 132 valence electrons. The molecule has 0 spiro atoms. The average molecular weight is 340 g/mol. The Morgan fingerprint density at radius 2 is 2.04 bits per heavy atom. The van der Waals surface area contributed by atoms with E-state index in [2.05, 4.69) is 30.2 Å². The number of nitrogens with zero attached hydrogens (tertiary/aromatic N) is 4. The molecule has 1 aliphatic heterocycles. The number of nitrogens with one attached hydrogen (secondary N) is 2. The lowest BCUT2D eigenvalue weighted by Gasteiger charge is -2.34. The van der Waals surface area contributed by atoms with Gasteiger partial charge in [-0.3, -0.25) is 4.79 Å². The summed E-state index contributed by atoms with van der Waals surface area (Å²) in [6, 6.07) is 0.261. The van der Waals surface area contributed by atoms with E-state index in [1.54, 1.807) is 18.7 Å². The predicted octanol–water partition coefficient (Wildman–Crippen LogP) is 1.91. The average Bonchev–Trinajstić information content (AvgIpc) is 2.89. The van der Waals surface area contributed by atoms with Gasteiger partial charge in [0.2, 0.25) is 0 Å². The summed E-state index contributed by atoms with van der Waals surface area (Å²) < 4.78 is 0. The van der Waals surface area contributed by atoms with E-state index in [0.29, 0.717) is 5.82 Å². The first-order valence-electron chi connectivity index (χ1n) is 9.19. The van der Waals surface area contributed by atoms with Crippen molar-refractivity contribution in [3.63, 3.8) is 0 Å². The standard InChI is InChI=1S/C18H24N6O/c25-18-17(19-8-9-20-18)24-10-4-5-13(11-24)23-16-14-6-2-1-3-7-15(14)21-12-22-16/h8-9,12-13H,1-7,10-11H2,(H,20,25)(H,21,22,23)/t13-/m0/s1. The largest absolute Gasteiger partial charge is 0.365 e. The van der Waals surface area contributed by atoms with E-state index >= 15 is 0 Å². The van der Waals surface area contributed by atoms with E-state index in [-0.39, 0.29) is 11.6 Å². The van der Waals surface area contributed by atoms with E-state index in [1.165, 1.54) is 30.5 Å². The molecular formula is C18H24N6O. The fraction of sp³-hybridized carbons (Fsp3) is 0.556. The molecule has 0 bridgehead atoms. The molecule has 1 atom stereocenters. The molecule has 2 aromatic rings. The Morgan fingerprint density at radius 3 is 2.96 bits per heavy atom. The van der Waals surface area contributed by atoms with Gasteiger partial charge in [0.25, 0.3) is 5.56 Å². The molecule has 4 rings (SSSR count). The first kappa shape index (κ1) is 16.1. The van der Waals surface area contributed by atoms with Crippen LogP contribution in [0.2, 0.25) is 0 Å². The number of aromatic nitrogens is 4. The zero-order chi connectivity index (χ0) is 17.1. The van der Waals surface area contributed by atoms with Gasteiger partial charge < -0.3 is 15.2 Å². The molecule has 2 N–H and O–H groups in total. The summed E-state index contributed by atoms with van der Waals surface area (Å²) >= 11 is 0. The maximum atomic E-state index is 12.0. The smallest absolute Gasteiger partial charge is 0.290 e. The molecule has 0 unspecified atom stereocenters. The summed E-state index contributed by atoms with van der Waals surface area (Å²) in [6.45, 7) is 1.62. The van der Waals surface area contributed by atoms with Crippen LogP contribution in [0.25, 0.3) is 0 Å². The van der Waals surface area contributed by atoms with Gasteiger partial charge in [-0.15, -0.1) is 0 Å².